The molecular weight excluding hydrogens is 665 g/mol. The number of terminal acetylenes is 2. The van der Waals surface area contributed by atoms with E-state index in [1.807, 2.05) is 121 Å². The number of hydrogen-bond donors (Lipinski definition) is 0. The Morgan fingerprint density at radius 2 is 1.27 bits per heavy atom. The maximum absolute atomic E-state index is 16.8. The molecule has 2 aliphatic heterocycles. The van der Waals surface area contributed by atoms with Gasteiger partial charge >= 0.3 is 0 Å². The summed E-state index contributed by atoms with van der Waals surface area (Å²) in [6.45, 7) is 1.13. The second-order valence-corrected chi connectivity index (χ2v) is 14.9. The van der Waals surface area contributed by atoms with Crippen molar-refractivity contribution < 1.29 is 23.3 Å². The molecule has 0 fully saturated rings. The van der Waals surface area contributed by atoms with Crippen LogP contribution < -0.4 is 28.9 Å². The lowest BCUT2D eigenvalue weighted by Gasteiger charge is -2.44. The Hall–Kier alpha value is -6.33. The van der Waals surface area contributed by atoms with Crippen molar-refractivity contribution >= 4 is 18.4 Å². The van der Waals surface area contributed by atoms with Gasteiger partial charge in [0.1, 0.15) is 29.9 Å². The molecule has 0 radical (unpaired) electrons. The SMILES string of the molecule is C#CCOc1ccc(C(c2ccccc2)(c2ccc(N3COc4ccccc4C3)cc2)P2(=O)Oc3ccccc3-c3ccccc32)cc1OCC#C. The fraction of sp³-hybridized carbons (Fsp3) is 0.111. The van der Waals surface area contributed by atoms with Gasteiger partial charge in [0.25, 0.3) is 7.37 Å². The molecule has 7 heteroatoms. The minimum atomic E-state index is -4.02. The Bertz CT molecular complexity index is 2390. The predicted molar refractivity (Wildman–Crippen MR) is 206 cm³/mol. The van der Waals surface area contributed by atoms with E-state index in [0.29, 0.717) is 41.4 Å². The highest BCUT2D eigenvalue weighted by molar-refractivity contribution is 7.69. The predicted octanol–water partition coefficient (Wildman–Crippen LogP) is 9.02. The van der Waals surface area contributed by atoms with Crippen LogP contribution in [-0.2, 0) is 16.3 Å². The lowest BCUT2D eigenvalue weighted by atomic mass is 9.83. The number of para-hydroxylation sites is 2. The van der Waals surface area contributed by atoms with E-state index in [1.54, 1.807) is 6.07 Å². The van der Waals surface area contributed by atoms with E-state index in [-0.39, 0.29) is 13.2 Å². The topological polar surface area (TPSA) is 57.2 Å². The van der Waals surface area contributed by atoms with Crippen LogP contribution in [0.2, 0.25) is 0 Å². The molecule has 6 nitrogen and oxygen atoms in total. The zero-order valence-electron chi connectivity index (χ0n) is 28.3. The van der Waals surface area contributed by atoms with Crippen LogP contribution >= 0.6 is 7.37 Å². The van der Waals surface area contributed by atoms with E-state index in [0.717, 1.165) is 39.3 Å². The van der Waals surface area contributed by atoms with E-state index < -0.39 is 12.5 Å². The molecule has 52 heavy (non-hydrogen) atoms. The molecule has 0 spiro atoms. The number of anilines is 1. The zero-order chi connectivity index (χ0) is 35.5. The maximum Gasteiger partial charge on any atom is 0.296 e. The molecule has 0 N–H and O–H groups in total. The molecule has 0 aromatic heterocycles. The molecule has 0 aliphatic carbocycles. The van der Waals surface area contributed by atoms with Gasteiger partial charge in [-0.25, -0.2) is 0 Å². The average Bonchev–Trinajstić information content (AvgIpc) is 3.20. The number of hydrogen-bond acceptors (Lipinski definition) is 6. The van der Waals surface area contributed by atoms with Gasteiger partial charge in [-0.3, -0.25) is 4.57 Å². The Morgan fingerprint density at radius 3 is 2.04 bits per heavy atom. The number of fused-ring (bicyclic) bond motifs is 4. The Morgan fingerprint density at radius 1 is 0.654 bits per heavy atom. The summed E-state index contributed by atoms with van der Waals surface area (Å²) in [4.78, 5) is 2.17. The van der Waals surface area contributed by atoms with Crippen LogP contribution in [0.15, 0.2) is 146 Å². The number of benzene rings is 6. The van der Waals surface area contributed by atoms with Gasteiger partial charge in [-0.2, -0.15) is 0 Å². The first-order valence-electron chi connectivity index (χ1n) is 16.9. The normalized spacial score (nSPS) is 16.6. The van der Waals surface area contributed by atoms with E-state index in [4.69, 9.17) is 31.6 Å². The molecule has 0 saturated heterocycles. The molecule has 2 unspecified atom stereocenters. The van der Waals surface area contributed by atoms with Gasteiger partial charge in [-0.15, -0.1) is 12.8 Å². The molecular formula is C45H34NO5P. The number of ether oxygens (including phenoxy) is 3. The lowest BCUT2D eigenvalue weighted by molar-refractivity contribution is 0.289. The van der Waals surface area contributed by atoms with Gasteiger partial charge in [-0.1, -0.05) is 115 Å². The number of rotatable bonds is 9. The minimum Gasteiger partial charge on any atom is -0.477 e. The van der Waals surface area contributed by atoms with Crippen LogP contribution in [0, 0.1) is 24.7 Å². The molecule has 0 bridgehead atoms. The van der Waals surface area contributed by atoms with Crippen molar-refractivity contribution in [1.29, 1.82) is 0 Å². The third-order valence-corrected chi connectivity index (χ3v) is 12.7. The second kappa shape index (κ2) is 13.8. The zero-order valence-corrected chi connectivity index (χ0v) is 29.2. The van der Waals surface area contributed by atoms with Crippen molar-refractivity contribution in [3.05, 3.63) is 168 Å². The van der Waals surface area contributed by atoms with Crippen LogP contribution in [0.3, 0.4) is 0 Å². The fourth-order valence-electron chi connectivity index (χ4n) is 7.31. The molecule has 2 aliphatic rings. The standard InChI is InChI=1S/C45H34NO5P/c1-3-28-48-42-27-24-36(30-43(42)49-29-4-2)45(34-15-6-5-7-16-34,52(47)44-21-13-10-18-39(44)38-17-9-12-20-41(38)51-52)35-22-25-37(26-23-35)46-31-33-14-8-11-19-40(33)50-32-46/h1-2,5-27,30H,28-29,31-32H2. The van der Waals surface area contributed by atoms with Crippen LogP contribution in [0.25, 0.3) is 11.1 Å². The largest absolute Gasteiger partial charge is 0.477 e. The van der Waals surface area contributed by atoms with Crippen LogP contribution in [0.4, 0.5) is 5.69 Å². The lowest BCUT2D eigenvalue weighted by Crippen LogP contribution is -2.38. The third-order valence-electron chi connectivity index (χ3n) is 9.60. The van der Waals surface area contributed by atoms with Crippen LogP contribution in [0.5, 0.6) is 23.0 Å². The monoisotopic (exact) mass is 699 g/mol. The van der Waals surface area contributed by atoms with Gasteiger partial charge in [0.05, 0.1) is 5.30 Å². The van der Waals surface area contributed by atoms with Gasteiger partial charge in [-0.05, 0) is 64.7 Å². The molecule has 254 valence electrons. The first-order chi connectivity index (χ1) is 25.6. The summed E-state index contributed by atoms with van der Waals surface area (Å²) in [5, 5.41) is -0.776. The summed E-state index contributed by atoms with van der Waals surface area (Å²) in [5.74, 6) is 7.30. The van der Waals surface area contributed by atoms with Gasteiger partial charge in [0.15, 0.2) is 18.2 Å². The highest BCUT2D eigenvalue weighted by Crippen LogP contribution is 2.71. The van der Waals surface area contributed by atoms with E-state index in [1.165, 1.54) is 0 Å². The van der Waals surface area contributed by atoms with E-state index in [2.05, 4.69) is 34.9 Å². The van der Waals surface area contributed by atoms with Gasteiger partial charge in [0, 0.05) is 23.4 Å². The Labute approximate surface area is 304 Å². The second-order valence-electron chi connectivity index (χ2n) is 12.5. The van der Waals surface area contributed by atoms with Crippen molar-refractivity contribution in [2.24, 2.45) is 0 Å². The highest BCUT2D eigenvalue weighted by atomic mass is 31.2. The highest BCUT2D eigenvalue weighted by Gasteiger charge is 2.58. The third kappa shape index (κ3) is 5.46. The summed E-state index contributed by atoms with van der Waals surface area (Å²) in [6, 6.07) is 47.2. The quantitative estimate of drug-likeness (QED) is 0.0853. The van der Waals surface area contributed by atoms with Crippen molar-refractivity contribution in [1.82, 2.24) is 0 Å². The first-order valence-corrected chi connectivity index (χ1v) is 18.6. The molecule has 6 aromatic carbocycles. The fourth-order valence-corrected chi connectivity index (χ4v) is 10.6. The molecule has 2 heterocycles. The summed E-state index contributed by atoms with van der Waals surface area (Å²) >= 11 is 0. The van der Waals surface area contributed by atoms with E-state index in [9.17, 15) is 0 Å². The molecule has 8 rings (SSSR count). The summed E-state index contributed by atoms with van der Waals surface area (Å²) in [6.07, 6.45) is 11.2. The smallest absolute Gasteiger partial charge is 0.296 e. The summed E-state index contributed by atoms with van der Waals surface area (Å²) in [7, 11) is -4.02. The van der Waals surface area contributed by atoms with E-state index >= 15 is 4.57 Å². The van der Waals surface area contributed by atoms with Crippen LogP contribution in [0.1, 0.15) is 22.3 Å². The van der Waals surface area contributed by atoms with Gasteiger partial charge < -0.3 is 23.6 Å². The molecule has 0 saturated carbocycles. The Kier molecular flexibility index (Phi) is 8.70. The van der Waals surface area contributed by atoms with Crippen molar-refractivity contribution in [2.45, 2.75) is 11.7 Å². The molecule has 2 atom stereocenters. The van der Waals surface area contributed by atoms with Gasteiger partial charge in [0.2, 0.25) is 0 Å². The Balaban J connectivity index is 1.39. The first kappa shape index (κ1) is 32.9. The molecule has 6 aromatic rings. The van der Waals surface area contributed by atoms with Crippen molar-refractivity contribution in [3.8, 4) is 58.8 Å². The molecule has 0 amide bonds. The summed E-state index contributed by atoms with van der Waals surface area (Å²) < 4.78 is 41.8. The van der Waals surface area contributed by atoms with Crippen molar-refractivity contribution in [3.63, 3.8) is 0 Å². The minimum absolute atomic E-state index is 0.00565. The van der Waals surface area contributed by atoms with Crippen molar-refractivity contribution in [2.75, 3.05) is 24.8 Å². The van der Waals surface area contributed by atoms with Crippen LogP contribution in [-0.4, -0.2) is 19.9 Å². The average molecular weight is 700 g/mol. The maximum atomic E-state index is 16.8. The number of nitrogens with zero attached hydrogens (tertiary/aromatic N) is 1. The summed E-state index contributed by atoms with van der Waals surface area (Å²) in [5.41, 5.74) is 6.01.